The van der Waals surface area contributed by atoms with E-state index in [2.05, 4.69) is 17.3 Å². The van der Waals surface area contributed by atoms with Gasteiger partial charge >= 0.3 is 5.97 Å². The highest BCUT2D eigenvalue weighted by Crippen LogP contribution is 2.34. The molecule has 0 bridgehead atoms. The molecule has 0 unspecified atom stereocenters. The molecule has 0 fully saturated rings. The summed E-state index contributed by atoms with van der Waals surface area (Å²) in [7, 11) is 1.81. The van der Waals surface area contributed by atoms with E-state index < -0.39 is 4.75 Å². The lowest BCUT2D eigenvalue weighted by molar-refractivity contribution is -0.145. The van der Waals surface area contributed by atoms with Gasteiger partial charge in [-0.2, -0.15) is 5.10 Å². The first-order valence-electron chi connectivity index (χ1n) is 11.8. The molecule has 0 spiro atoms. The fraction of sp³-hybridized carbons (Fsp3) is 0.520. The molecular weight excluding hydrogens is 450 g/mol. The minimum Gasteiger partial charge on any atom is -0.465 e. The van der Waals surface area contributed by atoms with Crippen molar-refractivity contribution in [1.82, 2.24) is 19.3 Å². The number of benzene rings is 1. The van der Waals surface area contributed by atoms with E-state index in [1.807, 2.05) is 59.0 Å². The minimum absolute atomic E-state index is 0.0366. The molecule has 0 aliphatic carbocycles. The summed E-state index contributed by atoms with van der Waals surface area (Å²) in [4.78, 5) is 30.9. The summed E-state index contributed by atoms with van der Waals surface area (Å²) in [6.45, 7) is 11.2. The van der Waals surface area contributed by atoms with Crippen LogP contribution in [0.4, 0.5) is 5.69 Å². The van der Waals surface area contributed by atoms with Crippen LogP contribution in [-0.4, -0.2) is 43.2 Å². The van der Waals surface area contributed by atoms with E-state index in [4.69, 9.17) is 9.72 Å². The van der Waals surface area contributed by atoms with Gasteiger partial charge in [-0.3, -0.25) is 18.8 Å². The zero-order valence-corrected chi connectivity index (χ0v) is 21.8. The van der Waals surface area contributed by atoms with Crippen LogP contribution in [-0.2, 0) is 29.5 Å². The Morgan fingerprint density at radius 1 is 1.21 bits per heavy atom. The van der Waals surface area contributed by atoms with Crippen LogP contribution in [0.15, 0.2) is 34.0 Å². The molecule has 0 amide bonds. The van der Waals surface area contributed by atoms with E-state index in [-0.39, 0.29) is 11.5 Å². The Bertz CT molecular complexity index is 1200. The van der Waals surface area contributed by atoms with Crippen LogP contribution in [0.3, 0.4) is 0 Å². The van der Waals surface area contributed by atoms with Crippen molar-refractivity contribution in [2.75, 3.05) is 18.5 Å². The average Bonchev–Trinajstić information content (AvgIpc) is 3.09. The number of hydrogen-bond donors (Lipinski definition) is 1. The van der Waals surface area contributed by atoms with Crippen LogP contribution < -0.4 is 10.9 Å². The molecular formula is C25H35N5O3S. The SMILES string of the molecule is CCCc1nn(C)c2c(=O)n(CCCNc3ccc(SC(C)(C)C(=O)OCC)cc3)c(C)nc12. The number of thioether (sulfide) groups is 1. The number of esters is 1. The smallest absolute Gasteiger partial charge is 0.321 e. The molecule has 184 valence electrons. The van der Waals surface area contributed by atoms with Gasteiger partial charge in [0.15, 0.2) is 5.52 Å². The molecule has 3 rings (SSSR count). The number of hydrogen-bond acceptors (Lipinski definition) is 7. The van der Waals surface area contributed by atoms with E-state index in [9.17, 15) is 9.59 Å². The number of carbonyl (C=O) groups is 1. The Hall–Kier alpha value is -2.81. The first-order chi connectivity index (χ1) is 16.2. The van der Waals surface area contributed by atoms with E-state index in [1.165, 1.54) is 11.8 Å². The molecule has 1 aromatic carbocycles. The first-order valence-corrected chi connectivity index (χ1v) is 12.6. The summed E-state index contributed by atoms with van der Waals surface area (Å²) in [5.74, 6) is 0.501. The summed E-state index contributed by atoms with van der Waals surface area (Å²) in [5, 5.41) is 7.91. The van der Waals surface area contributed by atoms with Gasteiger partial charge < -0.3 is 10.1 Å². The van der Waals surface area contributed by atoms with Crippen molar-refractivity contribution < 1.29 is 9.53 Å². The van der Waals surface area contributed by atoms with Crippen LogP contribution in [0.1, 0.15) is 52.1 Å². The van der Waals surface area contributed by atoms with Crippen LogP contribution in [0.25, 0.3) is 11.0 Å². The van der Waals surface area contributed by atoms with E-state index in [0.717, 1.165) is 47.6 Å². The molecule has 1 N–H and O–H groups in total. The molecule has 0 aliphatic heterocycles. The summed E-state index contributed by atoms with van der Waals surface area (Å²) in [6.07, 6.45) is 2.55. The molecule has 9 heteroatoms. The number of fused-ring (bicyclic) bond motifs is 1. The Labute approximate surface area is 205 Å². The quantitative estimate of drug-likeness (QED) is 0.246. The fourth-order valence-electron chi connectivity index (χ4n) is 3.84. The van der Waals surface area contributed by atoms with Crippen molar-refractivity contribution in [2.24, 2.45) is 7.05 Å². The number of carbonyl (C=O) groups excluding carboxylic acids is 1. The van der Waals surface area contributed by atoms with Crippen molar-refractivity contribution in [1.29, 1.82) is 0 Å². The van der Waals surface area contributed by atoms with Crippen LogP contribution in [0.5, 0.6) is 0 Å². The third kappa shape index (κ3) is 5.81. The Balaban J connectivity index is 1.59. The van der Waals surface area contributed by atoms with Gasteiger partial charge in [0.25, 0.3) is 5.56 Å². The van der Waals surface area contributed by atoms with Crippen molar-refractivity contribution in [3.05, 3.63) is 46.1 Å². The maximum Gasteiger partial charge on any atom is 0.321 e. The molecule has 0 radical (unpaired) electrons. The Kier molecular flexibility index (Phi) is 8.41. The van der Waals surface area contributed by atoms with E-state index in [1.54, 1.807) is 9.25 Å². The van der Waals surface area contributed by atoms with Gasteiger partial charge in [-0.25, -0.2) is 4.98 Å². The maximum absolute atomic E-state index is 13.1. The number of nitrogens with one attached hydrogen (secondary N) is 1. The number of nitrogens with zero attached hydrogens (tertiary/aromatic N) is 4. The molecule has 34 heavy (non-hydrogen) atoms. The second-order valence-corrected chi connectivity index (χ2v) is 10.5. The molecule has 0 saturated carbocycles. The number of aromatic nitrogens is 4. The monoisotopic (exact) mass is 485 g/mol. The lowest BCUT2D eigenvalue weighted by atomic mass is 10.2. The van der Waals surface area contributed by atoms with Crippen LogP contribution >= 0.6 is 11.8 Å². The van der Waals surface area contributed by atoms with Crippen molar-refractivity contribution >= 4 is 34.5 Å². The summed E-state index contributed by atoms with van der Waals surface area (Å²) >= 11 is 1.48. The highest BCUT2D eigenvalue weighted by Gasteiger charge is 2.30. The zero-order chi connectivity index (χ0) is 24.9. The second kappa shape index (κ2) is 11.1. The number of ether oxygens (including phenoxy) is 1. The maximum atomic E-state index is 13.1. The number of aryl methyl sites for hydroxylation is 3. The number of rotatable bonds is 11. The Morgan fingerprint density at radius 3 is 2.56 bits per heavy atom. The predicted octanol–water partition coefficient (Wildman–Crippen LogP) is 4.33. The lowest BCUT2D eigenvalue weighted by Crippen LogP contribution is -2.29. The van der Waals surface area contributed by atoms with E-state index >= 15 is 0 Å². The molecule has 2 aromatic heterocycles. The molecule has 2 heterocycles. The first kappa shape index (κ1) is 25.8. The zero-order valence-electron chi connectivity index (χ0n) is 21.0. The van der Waals surface area contributed by atoms with Gasteiger partial charge in [-0.05, 0) is 64.8 Å². The van der Waals surface area contributed by atoms with Gasteiger partial charge in [-0.15, -0.1) is 11.8 Å². The molecule has 0 atom stereocenters. The summed E-state index contributed by atoms with van der Waals surface area (Å²) in [6, 6.07) is 7.99. The molecule has 3 aromatic rings. The number of anilines is 1. The average molecular weight is 486 g/mol. The highest BCUT2D eigenvalue weighted by atomic mass is 32.2. The molecule has 0 saturated heterocycles. The van der Waals surface area contributed by atoms with Crippen molar-refractivity contribution in [3.8, 4) is 0 Å². The second-order valence-electron chi connectivity index (χ2n) is 8.77. The topological polar surface area (TPSA) is 91.0 Å². The Morgan fingerprint density at radius 2 is 1.91 bits per heavy atom. The largest absolute Gasteiger partial charge is 0.465 e. The highest BCUT2D eigenvalue weighted by molar-refractivity contribution is 8.01. The lowest BCUT2D eigenvalue weighted by Gasteiger charge is -2.21. The van der Waals surface area contributed by atoms with E-state index in [0.29, 0.717) is 24.5 Å². The molecule has 0 aliphatic rings. The third-order valence-corrected chi connectivity index (χ3v) is 6.76. The minimum atomic E-state index is -0.642. The summed E-state index contributed by atoms with van der Waals surface area (Å²) < 4.78 is 7.91. The fourth-order valence-corrected chi connectivity index (χ4v) is 4.85. The van der Waals surface area contributed by atoms with Crippen LogP contribution in [0, 0.1) is 6.92 Å². The van der Waals surface area contributed by atoms with Gasteiger partial charge in [0.2, 0.25) is 0 Å². The van der Waals surface area contributed by atoms with Crippen LogP contribution in [0.2, 0.25) is 0 Å². The third-order valence-electron chi connectivity index (χ3n) is 5.57. The standard InChI is InChI=1S/C25H35N5O3S/c1-7-10-20-21-22(29(6)28-20)23(31)30(17(3)27-21)16-9-15-26-18-11-13-19(14-12-18)34-25(4,5)24(32)33-8-2/h11-14,26H,7-10,15-16H2,1-6H3. The summed E-state index contributed by atoms with van der Waals surface area (Å²) in [5.41, 5.74) is 3.14. The van der Waals surface area contributed by atoms with Gasteiger partial charge in [0, 0.05) is 30.7 Å². The normalized spacial score (nSPS) is 11.7. The molecule has 8 nitrogen and oxygen atoms in total. The van der Waals surface area contributed by atoms with Gasteiger partial charge in [-0.1, -0.05) is 13.3 Å². The van der Waals surface area contributed by atoms with Crippen molar-refractivity contribution in [2.45, 2.75) is 70.1 Å². The van der Waals surface area contributed by atoms with Gasteiger partial charge in [0.1, 0.15) is 16.1 Å². The van der Waals surface area contributed by atoms with Gasteiger partial charge in [0.05, 0.1) is 12.3 Å². The predicted molar refractivity (Wildman–Crippen MR) is 138 cm³/mol. The van der Waals surface area contributed by atoms with Crippen molar-refractivity contribution in [3.63, 3.8) is 0 Å².